The van der Waals surface area contributed by atoms with E-state index < -0.39 is 0 Å². The molecular weight excluding hydrogens is 248 g/mol. The number of nitrogens with zero attached hydrogens (tertiary/aromatic N) is 1. The minimum Gasteiger partial charge on any atom is -0.342 e. The van der Waals surface area contributed by atoms with Gasteiger partial charge in [0.25, 0.3) is 0 Å². The van der Waals surface area contributed by atoms with Crippen molar-refractivity contribution in [3.05, 3.63) is 35.9 Å². The minimum atomic E-state index is -0.0875. The lowest BCUT2D eigenvalue weighted by molar-refractivity contribution is -0.137. The van der Waals surface area contributed by atoms with Gasteiger partial charge in [-0.1, -0.05) is 44.2 Å². The molecule has 0 spiro atoms. The van der Waals surface area contributed by atoms with Gasteiger partial charge in [-0.05, 0) is 30.7 Å². The molecule has 2 rings (SSSR count). The van der Waals surface area contributed by atoms with Crippen LogP contribution in [0.1, 0.15) is 38.7 Å². The summed E-state index contributed by atoms with van der Waals surface area (Å²) in [6, 6.07) is 10.6. The average Bonchev–Trinajstić information content (AvgIpc) is 2.46. The molecule has 1 fully saturated rings. The number of likely N-dealkylation sites (tertiary alicyclic amines) is 1. The fourth-order valence-corrected chi connectivity index (χ4v) is 3.05. The second-order valence-electron chi connectivity index (χ2n) is 6.22. The van der Waals surface area contributed by atoms with Crippen molar-refractivity contribution in [3.63, 3.8) is 0 Å². The summed E-state index contributed by atoms with van der Waals surface area (Å²) >= 11 is 0. The highest BCUT2D eigenvalue weighted by atomic mass is 16.2. The lowest BCUT2D eigenvalue weighted by Crippen LogP contribution is -2.47. The molecule has 1 aromatic carbocycles. The van der Waals surface area contributed by atoms with Crippen LogP contribution in [0.2, 0.25) is 0 Å². The summed E-state index contributed by atoms with van der Waals surface area (Å²) in [7, 11) is 0. The van der Waals surface area contributed by atoms with Gasteiger partial charge in [0.1, 0.15) is 0 Å². The van der Waals surface area contributed by atoms with Gasteiger partial charge in [-0.15, -0.1) is 0 Å². The van der Waals surface area contributed by atoms with Crippen LogP contribution >= 0.6 is 0 Å². The average molecular weight is 274 g/mol. The molecule has 0 radical (unpaired) electrons. The van der Waals surface area contributed by atoms with Crippen LogP contribution < -0.4 is 5.73 Å². The molecule has 4 unspecified atom stereocenters. The molecule has 20 heavy (non-hydrogen) atoms. The van der Waals surface area contributed by atoms with Gasteiger partial charge in [-0.3, -0.25) is 4.79 Å². The third kappa shape index (κ3) is 3.21. The fourth-order valence-electron chi connectivity index (χ4n) is 3.05. The zero-order chi connectivity index (χ0) is 14.7. The number of amides is 1. The molecule has 1 amide bonds. The lowest BCUT2D eigenvalue weighted by Gasteiger charge is -2.38. The van der Waals surface area contributed by atoms with Crippen LogP contribution in [0.3, 0.4) is 0 Å². The molecule has 0 aliphatic carbocycles. The first-order chi connectivity index (χ1) is 9.50. The molecule has 0 aromatic heterocycles. The van der Waals surface area contributed by atoms with E-state index in [2.05, 4.69) is 37.3 Å². The standard InChI is InChI=1S/C17H26N2O/c1-12-11-19(17(20)13(2)14(3)18)10-9-16(12)15-7-5-4-6-8-15/h4-8,12-14,16H,9-11,18H2,1-3H3. The first kappa shape index (κ1) is 15.0. The Morgan fingerprint density at radius 2 is 1.95 bits per heavy atom. The zero-order valence-electron chi connectivity index (χ0n) is 12.8. The second-order valence-corrected chi connectivity index (χ2v) is 6.22. The Morgan fingerprint density at radius 1 is 1.30 bits per heavy atom. The van der Waals surface area contributed by atoms with Crippen LogP contribution in [0.15, 0.2) is 30.3 Å². The van der Waals surface area contributed by atoms with Gasteiger partial charge in [0, 0.05) is 19.1 Å². The van der Waals surface area contributed by atoms with Crippen LogP contribution in [0.4, 0.5) is 0 Å². The van der Waals surface area contributed by atoms with E-state index in [0.29, 0.717) is 11.8 Å². The summed E-state index contributed by atoms with van der Waals surface area (Å²) in [4.78, 5) is 14.4. The van der Waals surface area contributed by atoms with E-state index in [9.17, 15) is 4.79 Å². The van der Waals surface area contributed by atoms with Gasteiger partial charge in [0.2, 0.25) is 5.91 Å². The van der Waals surface area contributed by atoms with E-state index in [1.165, 1.54) is 5.56 Å². The fraction of sp³-hybridized carbons (Fsp3) is 0.588. The summed E-state index contributed by atoms with van der Waals surface area (Å²) in [6.45, 7) is 7.77. The lowest BCUT2D eigenvalue weighted by atomic mass is 9.81. The van der Waals surface area contributed by atoms with Crippen molar-refractivity contribution in [2.75, 3.05) is 13.1 Å². The van der Waals surface area contributed by atoms with Gasteiger partial charge in [-0.25, -0.2) is 0 Å². The second kappa shape index (κ2) is 6.40. The third-order valence-electron chi connectivity index (χ3n) is 4.62. The molecule has 1 aliphatic rings. The Balaban J connectivity index is 2.01. The van der Waals surface area contributed by atoms with E-state index in [1.54, 1.807) is 0 Å². The number of nitrogens with two attached hydrogens (primary N) is 1. The summed E-state index contributed by atoms with van der Waals surface area (Å²) in [5, 5.41) is 0. The quantitative estimate of drug-likeness (QED) is 0.921. The number of rotatable bonds is 3. The van der Waals surface area contributed by atoms with Gasteiger partial charge < -0.3 is 10.6 Å². The summed E-state index contributed by atoms with van der Waals surface area (Å²) in [5.41, 5.74) is 7.24. The molecule has 110 valence electrons. The number of hydrogen-bond donors (Lipinski definition) is 1. The Bertz CT molecular complexity index is 444. The van der Waals surface area contributed by atoms with Gasteiger partial charge in [0.15, 0.2) is 0 Å². The van der Waals surface area contributed by atoms with Gasteiger partial charge in [-0.2, -0.15) is 0 Å². The topological polar surface area (TPSA) is 46.3 Å². The van der Waals surface area contributed by atoms with Crippen molar-refractivity contribution in [1.29, 1.82) is 0 Å². The van der Waals surface area contributed by atoms with Gasteiger partial charge in [0.05, 0.1) is 5.92 Å². The molecule has 0 saturated carbocycles. The van der Waals surface area contributed by atoms with Crippen LogP contribution in [-0.2, 0) is 4.79 Å². The third-order valence-corrected chi connectivity index (χ3v) is 4.62. The normalized spacial score (nSPS) is 26.1. The van der Waals surface area contributed by atoms with Crippen molar-refractivity contribution in [2.24, 2.45) is 17.6 Å². The van der Waals surface area contributed by atoms with Crippen molar-refractivity contribution in [1.82, 2.24) is 4.90 Å². The molecule has 3 heteroatoms. The zero-order valence-corrected chi connectivity index (χ0v) is 12.8. The smallest absolute Gasteiger partial charge is 0.226 e. The van der Waals surface area contributed by atoms with E-state index in [-0.39, 0.29) is 17.9 Å². The van der Waals surface area contributed by atoms with Crippen molar-refractivity contribution >= 4 is 5.91 Å². The number of piperidine rings is 1. The molecule has 1 aliphatic heterocycles. The minimum absolute atomic E-state index is 0.0790. The van der Waals surface area contributed by atoms with Crippen LogP contribution in [0.25, 0.3) is 0 Å². The molecule has 2 N–H and O–H groups in total. The summed E-state index contributed by atoms with van der Waals surface area (Å²) in [5.74, 6) is 1.18. The highest BCUT2D eigenvalue weighted by Crippen LogP contribution is 2.33. The Labute approximate surface area is 122 Å². The first-order valence-corrected chi connectivity index (χ1v) is 7.60. The molecule has 1 heterocycles. The summed E-state index contributed by atoms with van der Waals surface area (Å²) < 4.78 is 0. The maximum absolute atomic E-state index is 12.4. The Morgan fingerprint density at radius 3 is 2.50 bits per heavy atom. The number of hydrogen-bond acceptors (Lipinski definition) is 2. The Hall–Kier alpha value is -1.35. The number of benzene rings is 1. The molecule has 0 bridgehead atoms. The molecule has 1 saturated heterocycles. The predicted octanol–water partition coefficient (Wildman–Crippen LogP) is 2.62. The number of carbonyl (C=O) groups excluding carboxylic acids is 1. The maximum atomic E-state index is 12.4. The van der Waals surface area contributed by atoms with Crippen LogP contribution in [-0.4, -0.2) is 29.9 Å². The molecule has 4 atom stereocenters. The van der Waals surface area contributed by atoms with Crippen molar-refractivity contribution in [3.8, 4) is 0 Å². The van der Waals surface area contributed by atoms with Crippen molar-refractivity contribution < 1.29 is 4.79 Å². The van der Waals surface area contributed by atoms with E-state index in [1.807, 2.05) is 18.7 Å². The van der Waals surface area contributed by atoms with Crippen LogP contribution in [0.5, 0.6) is 0 Å². The SMILES string of the molecule is CC(N)C(C)C(=O)N1CCC(c2ccccc2)C(C)C1. The largest absolute Gasteiger partial charge is 0.342 e. The Kier molecular flexibility index (Phi) is 4.81. The predicted molar refractivity (Wildman–Crippen MR) is 82.4 cm³/mol. The maximum Gasteiger partial charge on any atom is 0.226 e. The van der Waals surface area contributed by atoms with E-state index in [0.717, 1.165) is 19.5 Å². The highest BCUT2D eigenvalue weighted by molar-refractivity contribution is 5.79. The van der Waals surface area contributed by atoms with Crippen LogP contribution in [0, 0.1) is 11.8 Å². The molecular formula is C17H26N2O. The molecule has 3 nitrogen and oxygen atoms in total. The van der Waals surface area contributed by atoms with E-state index in [4.69, 9.17) is 5.73 Å². The van der Waals surface area contributed by atoms with Gasteiger partial charge >= 0.3 is 0 Å². The summed E-state index contributed by atoms with van der Waals surface area (Å²) in [6.07, 6.45) is 1.04. The number of carbonyl (C=O) groups is 1. The monoisotopic (exact) mass is 274 g/mol. The van der Waals surface area contributed by atoms with E-state index >= 15 is 0 Å². The highest BCUT2D eigenvalue weighted by Gasteiger charge is 2.32. The molecule has 1 aromatic rings. The first-order valence-electron chi connectivity index (χ1n) is 7.60. The van der Waals surface area contributed by atoms with Crippen molar-refractivity contribution in [2.45, 2.75) is 39.2 Å².